The second-order valence-electron chi connectivity index (χ2n) is 7.94. The van der Waals surface area contributed by atoms with Gasteiger partial charge >= 0.3 is 5.97 Å². The zero-order chi connectivity index (χ0) is 14.2. The number of hydrogen-bond acceptors (Lipinski definition) is 4. The highest BCUT2D eigenvalue weighted by atomic mass is 16.5. The molecule has 2 unspecified atom stereocenters. The van der Waals surface area contributed by atoms with Gasteiger partial charge in [0.15, 0.2) is 5.82 Å². The van der Waals surface area contributed by atoms with Crippen LogP contribution in [0, 0.1) is 23.7 Å². The second kappa shape index (κ2) is 3.87. The van der Waals surface area contributed by atoms with Gasteiger partial charge in [-0.25, -0.2) is 0 Å². The first-order chi connectivity index (χ1) is 10.1. The minimum Gasteiger partial charge on any atom is -0.481 e. The lowest BCUT2D eigenvalue weighted by Crippen LogP contribution is -2.49. The van der Waals surface area contributed by atoms with Crippen molar-refractivity contribution in [2.75, 3.05) is 0 Å². The van der Waals surface area contributed by atoms with E-state index < -0.39 is 5.97 Å². The molecule has 6 rings (SSSR count). The van der Waals surface area contributed by atoms with Gasteiger partial charge < -0.3 is 9.63 Å². The highest BCUT2D eigenvalue weighted by molar-refractivity contribution is 5.74. The van der Waals surface area contributed by atoms with Crippen molar-refractivity contribution >= 4 is 5.97 Å². The lowest BCUT2D eigenvalue weighted by molar-refractivity contribution is -0.138. The number of nitrogens with zero attached hydrogens (tertiary/aromatic N) is 2. The molecular formula is C16H20N2O3. The van der Waals surface area contributed by atoms with Crippen LogP contribution in [0.3, 0.4) is 0 Å². The lowest BCUT2D eigenvalue weighted by Gasteiger charge is -2.55. The Morgan fingerprint density at radius 2 is 1.71 bits per heavy atom. The van der Waals surface area contributed by atoms with E-state index in [0.717, 1.165) is 23.6 Å². The monoisotopic (exact) mass is 288 g/mol. The second-order valence-corrected chi connectivity index (χ2v) is 7.94. The zero-order valence-corrected chi connectivity index (χ0v) is 12.0. The van der Waals surface area contributed by atoms with Crippen LogP contribution in [0.1, 0.15) is 62.6 Å². The largest absolute Gasteiger partial charge is 0.481 e. The molecule has 5 aliphatic rings. The first-order valence-electron chi connectivity index (χ1n) is 8.20. The molecule has 1 aromatic heterocycles. The van der Waals surface area contributed by atoms with Gasteiger partial charge in [0.1, 0.15) is 0 Å². The maximum Gasteiger partial charge on any atom is 0.307 e. The summed E-state index contributed by atoms with van der Waals surface area (Å²) in [7, 11) is 0. The summed E-state index contributed by atoms with van der Waals surface area (Å²) >= 11 is 0. The fourth-order valence-electron chi connectivity index (χ4n) is 5.73. The highest BCUT2D eigenvalue weighted by Gasteiger charge is 2.55. The summed E-state index contributed by atoms with van der Waals surface area (Å²) < 4.78 is 5.43. The number of hydrogen-bond donors (Lipinski definition) is 1. The van der Waals surface area contributed by atoms with Crippen LogP contribution in [-0.4, -0.2) is 21.2 Å². The Morgan fingerprint density at radius 1 is 1.10 bits per heavy atom. The molecular weight excluding hydrogens is 268 g/mol. The fraction of sp³-hybridized carbons (Fsp3) is 0.812. The van der Waals surface area contributed by atoms with E-state index in [0.29, 0.717) is 12.3 Å². The van der Waals surface area contributed by atoms with Crippen molar-refractivity contribution in [3.63, 3.8) is 0 Å². The standard InChI is InChI=1S/C16H20N2O3/c19-14(20)12-4-11(12)13-17-15(18-21-13)16-5-8-1-9(6-16)3-10(2-8)7-16/h8-12H,1-7H2,(H,19,20). The van der Waals surface area contributed by atoms with E-state index in [1.165, 1.54) is 38.5 Å². The van der Waals surface area contributed by atoms with Gasteiger partial charge in [-0.05, 0) is 62.7 Å². The third-order valence-electron chi connectivity index (χ3n) is 6.38. The zero-order valence-electron chi connectivity index (χ0n) is 12.0. The summed E-state index contributed by atoms with van der Waals surface area (Å²) in [6, 6.07) is 0. The number of carbonyl (C=O) groups is 1. The maximum atomic E-state index is 11.0. The molecule has 5 nitrogen and oxygen atoms in total. The molecule has 5 heteroatoms. The van der Waals surface area contributed by atoms with Crippen LogP contribution in [-0.2, 0) is 10.2 Å². The molecule has 0 aliphatic heterocycles. The smallest absolute Gasteiger partial charge is 0.307 e. The first-order valence-corrected chi connectivity index (χ1v) is 8.20. The van der Waals surface area contributed by atoms with Gasteiger partial charge in [-0.1, -0.05) is 5.16 Å². The van der Waals surface area contributed by atoms with E-state index in [1.807, 2.05) is 0 Å². The minimum atomic E-state index is -0.741. The number of rotatable bonds is 3. The van der Waals surface area contributed by atoms with E-state index in [4.69, 9.17) is 9.63 Å². The summed E-state index contributed by atoms with van der Waals surface area (Å²) in [5.74, 6) is 2.91. The van der Waals surface area contributed by atoms with E-state index in [-0.39, 0.29) is 17.3 Å². The molecule has 1 heterocycles. The third kappa shape index (κ3) is 1.72. The number of carboxylic acid groups (broad SMARTS) is 1. The highest BCUT2D eigenvalue weighted by Crippen LogP contribution is 2.60. The minimum absolute atomic E-state index is 0.0438. The van der Waals surface area contributed by atoms with Crippen molar-refractivity contribution in [1.82, 2.24) is 10.1 Å². The summed E-state index contributed by atoms with van der Waals surface area (Å²) in [6.45, 7) is 0. The van der Waals surface area contributed by atoms with Crippen molar-refractivity contribution < 1.29 is 14.4 Å². The van der Waals surface area contributed by atoms with Gasteiger partial charge in [-0.15, -0.1) is 0 Å². The third-order valence-corrected chi connectivity index (χ3v) is 6.38. The number of aromatic nitrogens is 2. The van der Waals surface area contributed by atoms with Gasteiger partial charge in [-0.2, -0.15) is 4.98 Å². The Labute approximate surface area is 123 Å². The summed E-state index contributed by atoms with van der Waals surface area (Å²) in [6.07, 6.45) is 8.48. The number of carboxylic acids is 1. The molecule has 0 spiro atoms. The van der Waals surface area contributed by atoms with Gasteiger partial charge in [0.05, 0.1) is 11.8 Å². The summed E-state index contributed by atoms with van der Waals surface area (Å²) in [4.78, 5) is 15.6. The number of aliphatic carboxylic acids is 1. The fourth-order valence-corrected chi connectivity index (χ4v) is 5.73. The molecule has 0 radical (unpaired) electrons. The molecule has 0 saturated heterocycles. The van der Waals surface area contributed by atoms with Gasteiger partial charge in [0.25, 0.3) is 0 Å². The average Bonchev–Trinajstić information content (AvgIpc) is 3.06. The van der Waals surface area contributed by atoms with Crippen molar-refractivity contribution in [3.8, 4) is 0 Å². The Hall–Kier alpha value is -1.39. The van der Waals surface area contributed by atoms with Crippen LogP contribution in [0.15, 0.2) is 4.52 Å². The first kappa shape index (κ1) is 12.2. The van der Waals surface area contributed by atoms with Crippen LogP contribution in [0.2, 0.25) is 0 Å². The van der Waals surface area contributed by atoms with Crippen molar-refractivity contribution in [2.45, 2.75) is 56.3 Å². The molecule has 5 saturated carbocycles. The SMILES string of the molecule is O=C(O)C1CC1c1nc(C23CC4CC(CC(C4)C2)C3)no1. The summed E-state index contributed by atoms with van der Waals surface area (Å²) in [5, 5.41) is 13.3. The van der Waals surface area contributed by atoms with Gasteiger partial charge in [-0.3, -0.25) is 4.79 Å². The Bertz CT molecular complexity index is 573. The molecule has 5 aliphatic carbocycles. The topological polar surface area (TPSA) is 76.2 Å². The predicted octanol–water partition coefficient (Wildman–Crippen LogP) is 2.73. The molecule has 5 fully saturated rings. The quantitative estimate of drug-likeness (QED) is 0.925. The molecule has 0 amide bonds. The van der Waals surface area contributed by atoms with Gasteiger partial charge in [0, 0.05) is 5.41 Å². The Kier molecular flexibility index (Phi) is 2.25. The maximum absolute atomic E-state index is 11.0. The molecule has 0 aromatic carbocycles. The molecule has 21 heavy (non-hydrogen) atoms. The summed E-state index contributed by atoms with van der Waals surface area (Å²) in [5.41, 5.74) is 0.143. The van der Waals surface area contributed by atoms with Crippen molar-refractivity contribution in [1.29, 1.82) is 0 Å². The Morgan fingerprint density at radius 3 is 2.24 bits per heavy atom. The van der Waals surface area contributed by atoms with Crippen LogP contribution in [0.4, 0.5) is 0 Å². The van der Waals surface area contributed by atoms with Crippen molar-refractivity contribution in [2.24, 2.45) is 23.7 Å². The predicted molar refractivity (Wildman–Crippen MR) is 72.6 cm³/mol. The van der Waals surface area contributed by atoms with Crippen LogP contribution >= 0.6 is 0 Å². The Balaban J connectivity index is 1.43. The van der Waals surface area contributed by atoms with E-state index in [1.54, 1.807) is 0 Å². The lowest BCUT2D eigenvalue weighted by atomic mass is 9.49. The van der Waals surface area contributed by atoms with Crippen LogP contribution in [0.25, 0.3) is 0 Å². The molecule has 1 N–H and O–H groups in total. The van der Waals surface area contributed by atoms with E-state index in [2.05, 4.69) is 10.1 Å². The van der Waals surface area contributed by atoms with Gasteiger partial charge in [0.2, 0.25) is 5.89 Å². The molecule has 112 valence electrons. The molecule has 4 bridgehead atoms. The van der Waals surface area contributed by atoms with Crippen molar-refractivity contribution in [3.05, 3.63) is 11.7 Å². The molecule has 1 aromatic rings. The van der Waals surface area contributed by atoms with Crippen LogP contribution in [0.5, 0.6) is 0 Å². The average molecular weight is 288 g/mol. The van der Waals surface area contributed by atoms with E-state index >= 15 is 0 Å². The van der Waals surface area contributed by atoms with E-state index in [9.17, 15) is 4.79 Å². The van der Waals surface area contributed by atoms with Crippen LogP contribution < -0.4 is 0 Å². The molecule has 2 atom stereocenters. The normalized spacial score (nSPS) is 46.8.